The molecule has 8 heteroatoms. The smallest absolute Gasteiger partial charge is 0.254 e. The molecule has 0 aliphatic carbocycles. The van der Waals surface area contributed by atoms with Gasteiger partial charge in [0.1, 0.15) is 17.3 Å². The lowest BCUT2D eigenvalue weighted by Gasteiger charge is -2.35. The number of aryl methyl sites for hydroxylation is 1. The maximum absolute atomic E-state index is 14.4. The third kappa shape index (κ3) is 4.21. The SMILES string of the molecule is Cc1cc(C(=O)N2CCN(Cc3cccc(F)c3)CC2)c2cnn(-c3ccccc3F)c2n1. The highest BCUT2D eigenvalue weighted by Gasteiger charge is 2.25. The number of benzene rings is 2. The van der Waals surface area contributed by atoms with Crippen LogP contribution in [0.15, 0.2) is 60.8 Å². The van der Waals surface area contributed by atoms with Crippen molar-refractivity contribution in [3.63, 3.8) is 0 Å². The van der Waals surface area contributed by atoms with Crippen molar-refractivity contribution in [1.29, 1.82) is 0 Å². The summed E-state index contributed by atoms with van der Waals surface area (Å²) in [6.45, 7) is 4.99. The Balaban J connectivity index is 1.36. The lowest BCUT2D eigenvalue weighted by molar-refractivity contribution is 0.0630. The Labute approximate surface area is 190 Å². The fraction of sp³-hybridized carbons (Fsp3) is 0.240. The van der Waals surface area contributed by atoms with Gasteiger partial charge in [0.2, 0.25) is 0 Å². The van der Waals surface area contributed by atoms with E-state index >= 15 is 0 Å². The fourth-order valence-corrected chi connectivity index (χ4v) is 4.28. The molecule has 1 fully saturated rings. The first kappa shape index (κ1) is 21.2. The van der Waals surface area contributed by atoms with Crippen molar-refractivity contribution in [2.75, 3.05) is 26.2 Å². The van der Waals surface area contributed by atoms with E-state index in [1.54, 1.807) is 42.6 Å². The van der Waals surface area contributed by atoms with E-state index in [-0.39, 0.29) is 17.4 Å². The van der Waals surface area contributed by atoms with E-state index in [9.17, 15) is 13.6 Å². The number of hydrogen-bond acceptors (Lipinski definition) is 4. The van der Waals surface area contributed by atoms with Gasteiger partial charge in [0.15, 0.2) is 5.65 Å². The minimum Gasteiger partial charge on any atom is -0.336 e. The lowest BCUT2D eigenvalue weighted by atomic mass is 10.1. The molecule has 2 aromatic heterocycles. The molecule has 1 aliphatic rings. The molecule has 0 bridgehead atoms. The summed E-state index contributed by atoms with van der Waals surface area (Å²) in [5.41, 5.74) is 2.83. The third-order valence-corrected chi connectivity index (χ3v) is 5.94. The van der Waals surface area contributed by atoms with Crippen LogP contribution in [-0.2, 0) is 6.54 Å². The van der Waals surface area contributed by atoms with E-state index in [0.29, 0.717) is 55.0 Å². The predicted molar refractivity (Wildman–Crippen MR) is 121 cm³/mol. The van der Waals surface area contributed by atoms with Gasteiger partial charge in [-0.3, -0.25) is 9.69 Å². The van der Waals surface area contributed by atoms with Gasteiger partial charge in [-0.1, -0.05) is 24.3 Å². The van der Waals surface area contributed by atoms with Crippen LogP contribution in [0.2, 0.25) is 0 Å². The Bertz CT molecular complexity index is 1330. The van der Waals surface area contributed by atoms with Crippen molar-refractivity contribution in [1.82, 2.24) is 24.6 Å². The van der Waals surface area contributed by atoms with Crippen LogP contribution in [0, 0.1) is 18.6 Å². The van der Waals surface area contributed by atoms with E-state index in [2.05, 4.69) is 15.0 Å². The predicted octanol–water partition coefficient (Wildman–Crippen LogP) is 3.97. The van der Waals surface area contributed by atoms with Crippen molar-refractivity contribution >= 4 is 16.9 Å². The zero-order valence-electron chi connectivity index (χ0n) is 18.2. The first-order valence-corrected chi connectivity index (χ1v) is 10.9. The highest BCUT2D eigenvalue weighted by Crippen LogP contribution is 2.24. The van der Waals surface area contributed by atoms with Gasteiger partial charge in [-0.05, 0) is 42.8 Å². The molecule has 0 spiro atoms. The molecule has 33 heavy (non-hydrogen) atoms. The van der Waals surface area contributed by atoms with Crippen LogP contribution in [0.1, 0.15) is 21.6 Å². The topological polar surface area (TPSA) is 54.3 Å². The standard InChI is InChI=1S/C25H23F2N5O/c1-17-13-20(21-15-28-32(24(21)29-17)23-8-3-2-7-22(23)27)25(33)31-11-9-30(10-12-31)16-18-5-4-6-19(26)14-18/h2-8,13-15H,9-12,16H2,1H3. The van der Waals surface area contributed by atoms with Gasteiger partial charge in [-0.15, -0.1) is 0 Å². The summed E-state index contributed by atoms with van der Waals surface area (Å²) < 4.78 is 29.3. The Kier molecular flexibility index (Phi) is 5.60. The van der Waals surface area contributed by atoms with Crippen LogP contribution >= 0.6 is 0 Å². The number of pyridine rings is 1. The normalized spacial score (nSPS) is 14.7. The number of hydrogen-bond donors (Lipinski definition) is 0. The van der Waals surface area contributed by atoms with Gasteiger partial charge in [0.05, 0.1) is 17.1 Å². The molecule has 0 N–H and O–H groups in total. The average Bonchev–Trinajstić information content (AvgIpc) is 3.22. The number of amides is 1. The van der Waals surface area contributed by atoms with E-state index in [1.807, 2.05) is 17.9 Å². The maximum atomic E-state index is 14.4. The van der Waals surface area contributed by atoms with Gasteiger partial charge in [-0.2, -0.15) is 5.10 Å². The summed E-state index contributed by atoms with van der Waals surface area (Å²) in [5.74, 6) is -0.744. The van der Waals surface area contributed by atoms with Gasteiger partial charge in [0.25, 0.3) is 5.91 Å². The number of piperazine rings is 1. The Hall–Kier alpha value is -3.65. The monoisotopic (exact) mass is 447 g/mol. The highest BCUT2D eigenvalue weighted by atomic mass is 19.1. The van der Waals surface area contributed by atoms with Gasteiger partial charge in [0, 0.05) is 38.4 Å². The molecule has 0 saturated carbocycles. The number of carbonyl (C=O) groups excluding carboxylic acids is 1. The summed E-state index contributed by atoms with van der Waals surface area (Å²) in [6.07, 6.45) is 1.57. The molecule has 2 aromatic carbocycles. The number of carbonyl (C=O) groups is 1. The van der Waals surface area contributed by atoms with Crippen molar-refractivity contribution in [2.45, 2.75) is 13.5 Å². The summed E-state index contributed by atoms with van der Waals surface area (Å²) in [6, 6.07) is 14.7. The average molecular weight is 447 g/mol. The molecule has 168 valence electrons. The van der Waals surface area contributed by atoms with Gasteiger partial charge < -0.3 is 4.90 Å². The number of rotatable bonds is 4. The first-order chi connectivity index (χ1) is 16.0. The van der Waals surface area contributed by atoms with Crippen molar-refractivity contribution in [3.05, 3.63) is 89.2 Å². The summed E-state index contributed by atoms with van der Waals surface area (Å²) >= 11 is 0. The third-order valence-electron chi connectivity index (χ3n) is 5.94. The first-order valence-electron chi connectivity index (χ1n) is 10.9. The maximum Gasteiger partial charge on any atom is 0.254 e. The van der Waals surface area contributed by atoms with Crippen LogP contribution in [0.25, 0.3) is 16.7 Å². The molecule has 1 saturated heterocycles. The minimum atomic E-state index is -0.409. The second-order valence-electron chi connectivity index (χ2n) is 8.25. The van der Waals surface area contributed by atoms with E-state index in [1.165, 1.54) is 16.8 Å². The molecule has 5 rings (SSSR count). The minimum absolute atomic E-state index is 0.0935. The lowest BCUT2D eigenvalue weighted by Crippen LogP contribution is -2.48. The second kappa shape index (κ2) is 8.71. The number of aromatic nitrogens is 3. The molecule has 1 amide bonds. The number of halogens is 2. The quantitative estimate of drug-likeness (QED) is 0.475. The number of nitrogens with zero attached hydrogens (tertiary/aromatic N) is 5. The van der Waals surface area contributed by atoms with Crippen LogP contribution in [-0.4, -0.2) is 56.7 Å². The number of para-hydroxylation sites is 1. The van der Waals surface area contributed by atoms with Gasteiger partial charge in [-0.25, -0.2) is 18.4 Å². The number of fused-ring (bicyclic) bond motifs is 1. The molecule has 0 radical (unpaired) electrons. The Morgan fingerprint density at radius 3 is 2.55 bits per heavy atom. The Morgan fingerprint density at radius 1 is 1.00 bits per heavy atom. The molecular weight excluding hydrogens is 424 g/mol. The van der Waals surface area contributed by atoms with Crippen LogP contribution in [0.3, 0.4) is 0 Å². The van der Waals surface area contributed by atoms with Gasteiger partial charge >= 0.3 is 0 Å². The van der Waals surface area contributed by atoms with Crippen molar-refractivity contribution in [2.24, 2.45) is 0 Å². The van der Waals surface area contributed by atoms with Crippen LogP contribution in [0.5, 0.6) is 0 Å². The molecular formula is C25H23F2N5O. The molecule has 3 heterocycles. The summed E-state index contributed by atoms with van der Waals surface area (Å²) in [7, 11) is 0. The second-order valence-corrected chi connectivity index (χ2v) is 8.25. The van der Waals surface area contributed by atoms with E-state index < -0.39 is 5.82 Å². The van der Waals surface area contributed by atoms with E-state index in [4.69, 9.17) is 0 Å². The fourth-order valence-electron chi connectivity index (χ4n) is 4.28. The zero-order chi connectivity index (χ0) is 22.9. The van der Waals surface area contributed by atoms with Crippen LogP contribution in [0.4, 0.5) is 8.78 Å². The molecule has 1 aliphatic heterocycles. The molecule has 0 unspecified atom stereocenters. The van der Waals surface area contributed by atoms with E-state index in [0.717, 1.165) is 5.56 Å². The Morgan fingerprint density at radius 2 is 1.79 bits per heavy atom. The largest absolute Gasteiger partial charge is 0.336 e. The molecule has 4 aromatic rings. The zero-order valence-corrected chi connectivity index (χ0v) is 18.2. The highest BCUT2D eigenvalue weighted by molar-refractivity contribution is 6.05. The van der Waals surface area contributed by atoms with Crippen molar-refractivity contribution < 1.29 is 13.6 Å². The summed E-state index contributed by atoms with van der Waals surface area (Å²) in [4.78, 5) is 22.0. The van der Waals surface area contributed by atoms with Crippen LogP contribution < -0.4 is 0 Å². The molecule has 6 nitrogen and oxygen atoms in total. The summed E-state index contributed by atoms with van der Waals surface area (Å²) in [5, 5.41) is 4.92. The molecule has 0 atom stereocenters. The van der Waals surface area contributed by atoms with Crippen molar-refractivity contribution in [3.8, 4) is 5.69 Å².